The Hall–Kier alpha value is -1.66. The smallest absolute Gasteiger partial charge is 0.305 e. The minimum atomic E-state index is -0.840. The first-order valence-electron chi connectivity index (χ1n) is 35.1. The number of nitrogens with one attached hydrogen (secondary N) is 1. The zero-order valence-corrected chi connectivity index (χ0v) is 52.2. The fourth-order valence-electron chi connectivity index (χ4n) is 11.1. The molecule has 0 radical (unpaired) electrons. The molecule has 2 unspecified atom stereocenters. The summed E-state index contributed by atoms with van der Waals surface area (Å²) in [6, 6.07) is -0.623. The van der Waals surface area contributed by atoms with Crippen molar-refractivity contribution in [1.82, 2.24) is 5.32 Å². The summed E-state index contributed by atoms with van der Waals surface area (Å²) in [6.07, 6.45) is 84.1. The number of aliphatic hydroxyl groups is 2. The van der Waals surface area contributed by atoms with Crippen LogP contribution in [-0.4, -0.2) is 47.4 Å². The first kappa shape index (κ1) is 75.3. The predicted octanol–water partition coefficient (Wildman–Crippen LogP) is 22.5. The molecule has 0 heterocycles. The summed E-state index contributed by atoms with van der Waals surface area (Å²) >= 11 is 0. The second-order valence-electron chi connectivity index (χ2n) is 24.2. The quantitative estimate of drug-likeness (QED) is 0.0320. The van der Waals surface area contributed by atoms with Crippen LogP contribution in [0, 0.1) is 0 Å². The molecule has 0 aromatic rings. The molecule has 0 aliphatic carbocycles. The summed E-state index contributed by atoms with van der Waals surface area (Å²) in [4.78, 5) is 24.5. The molecule has 0 saturated heterocycles. The molecule has 0 aliphatic rings. The number of hydrogen-bond acceptors (Lipinski definition) is 5. The van der Waals surface area contributed by atoms with Crippen molar-refractivity contribution < 1.29 is 24.5 Å². The lowest BCUT2D eigenvalue weighted by molar-refractivity contribution is -0.143. The number of rotatable bonds is 66. The summed E-state index contributed by atoms with van der Waals surface area (Å²) in [5.74, 6) is -0.0483. The van der Waals surface area contributed by atoms with Crippen molar-refractivity contribution in [3.63, 3.8) is 0 Å². The molecule has 0 aromatic carbocycles. The second-order valence-corrected chi connectivity index (χ2v) is 24.2. The van der Waals surface area contributed by atoms with Gasteiger partial charge in [0.25, 0.3) is 0 Å². The van der Waals surface area contributed by atoms with Gasteiger partial charge in [-0.3, -0.25) is 9.59 Å². The lowest BCUT2D eigenvalue weighted by atomic mass is 10.0. The number of carbonyl (C=O) groups is 2. The van der Waals surface area contributed by atoms with E-state index in [4.69, 9.17) is 4.74 Å². The van der Waals surface area contributed by atoms with Crippen molar-refractivity contribution in [2.24, 2.45) is 0 Å². The first-order valence-corrected chi connectivity index (χ1v) is 35.1. The molecular formula is C71H137NO5. The van der Waals surface area contributed by atoms with Crippen LogP contribution in [-0.2, 0) is 14.3 Å². The predicted molar refractivity (Wildman–Crippen MR) is 338 cm³/mol. The third kappa shape index (κ3) is 63.4. The van der Waals surface area contributed by atoms with Gasteiger partial charge in [-0.1, -0.05) is 346 Å². The van der Waals surface area contributed by atoms with Crippen LogP contribution in [0.5, 0.6) is 0 Å². The number of hydrogen-bond donors (Lipinski definition) is 3. The van der Waals surface area contributed by atoms with Gasteiger partial charge in [-0.15, -0.1) is 0 Å². The van der Waals surface area contributed by atoms with E-state index in [-0.39, 0.29) is 18.5 Å². The fraction of sp³-hybridized carbons (Fsp3) is 0.915. The maximum absolute atomic E-state index is 12.5. The molecule has 3 N–H and O–H groups in total. The lowest BCUT2D eigenvalue weighted by Gasteiger charge is -2.20. The minimum Gasteiger partial charge on any atom is -0.466 e. The molecule has 1 amide bonds. The van der Waals surface area contributed by atoms with E-state index in [1.54, 1.807) is 6.08 Å². The monoisotopic (exact) mass is 1080 g/mol. The van der Waals surface area contributed by atoms with Crippen molar-refractivity contribution in [1.29, 1.82) is 0 Å². The standard InChI is InChI=1S/C71H137NO5/c1-3-5-7-9-11-13-15-17-41-45-49-53-57-61-65-71(76)77-66-62-58-54-50-46-42-38-36-34-32-30-28-26-24-22-20-18-19-21-23-25-27-29-31-33-35-37-40-44-48-52-56-60-64-70(75)72-68(67-73)69(74)63-59-55-51-47-43-39-16-14-12-10-8-6-4-2/h15,17,59,63,68-69,73-74H,3-14,16,18-58,60-62,64-67H2,1-2H3,(H,72,75)/b17-15-,63-59+. The highest BCUT2D eigenvalue weighted by molar-refractivity contribution is 5.76. The van der Waals surface area contributed by atoms with Crippen LogP contribution in [0.4, 0.5) is 0 Å². The SMILES string of the molecule is CCCCCCC/C=C\CCCCCCCC(=O)OCCCCCCCCCCCCCCCCCCCCCCCCCCCCCCCCCCCC(=O)NC(CO)C(O)/C=C/CCCCCCCCCCCCC. The Kier molecular flexibility index (Phi) is 65.4. The molecule has 0 aromatic heterocycles. The van der Waals surface area contributed by atoms with Crippen LogP contribution in [0.3, 0.4) is 0 Å². The largest absolute Gasteiger partial charge is 0.466 e. The number of ether oxygens (including phenoxy) is 1. The Morgan fingerprint density at radius 2 is 0.610 bits per heavy atom. The van der Waals surface area contributed by atoms with Gasteiger partial charge in [0.05, 0.1) is 25.4 Å². The maximum Gasteiger partial charge on any atom is 0.305 e. The van der Waals surface area contributed by atoms with Crippen LogP contribution >= 0.6 is 0 Å². The van der Waals surface area contributed by atoms with Gasteiger partial charge in [0, 0.05) is 12.8 Å². The van der Waals surface area contributed by atoms with Crippen LogP contribution in [0.1, 0.15) is 393 Å². The number of aliphatic hydroxyl groups excluding tert-OH is 2. The van der Waals surface area contributed by atoms with Gasteiger partial charge < -0.3 is 20.3 Å². The normalized spacial score (nSPS) is 12.6. The van der Waals surface area contributed by atoms with Gasteiger partial charge in [0.2, 0.25) is 5.91 Å². The maximum atomic E-state index is 12.5. The van der Waals surface area contributed by atoms with E-state index in [1.165, 1.54) is 321 Å². The van der Waals surface area contributed by atoms with Crippen molar-refractivity contribution in [3.8, 4) is 0 Å². The van der Waals surface area contributed by atoms with Gasteiger partial charge in [0.1, 0.15) is 0 Å². The van der Waals surface area contributed by atoms with E-state index in [0.717, 1.165) is 44.9 Å². The van der Waals surface area contributed by atoms with E-state index < -0.39 is 12.1 Å². The van der Waals surface area contributed by atoms with Gasteiger partial charge in [-0.2, -0.15) is 0 Å². The molecule has 0 rings (SSSR count). The van der Waals surface area contributed by atoms with Crippen LogP contribution in [0.2, 0.25) is 0 Å². The number of carbonyl (C=O) groups excluding carboxylic acids is 2. The summed E-state index contributed by atoms with van der Waals surface area (Å²) in [6.45, 7) is 4.92. The Labute approximate surface area is 481 Å². The Bertz CT molecular complexity index is 1200. The van der Waals surface area contributed by atoms with E-state index in [2.05, 4.69) is 31.3 Å². The highest BCUT2D eigenvalue weighted by Gasteiger charge is 2.18. The number of allylic oxidation sites excluding steroid dienone is 3. The highest BCUT2D eigenvalue weighted by Crippen LogP contribution is 2.19. The minimum absolute atomic E-state index is 0.0133. The average molecular weight is 1080 g/mol. The molecule has 0 spiro atoms. The van der Waals surface area contributed by atoms with Crippen molar-refractivity contribution in [2.45, 2.75) is 405 Å². The van der Waals surface area contributed by atoms with Gasteiger partial charge >= 0.3 is 5.97 Å². The Morgan fingerprint density at radius 3 is 0.922 bits per heavy atom. The molecule has 2 atom stereocenters. The molecule has 0 fully saturated rings. The number of unbranched alkanes of at least 4 members (excludes halogenated alkanes) is 53. The van der Waals surface area contributed by atoms with Crippen molar-refractivity contribution in [2.75, 3.05) is 13.2 Å². The van der Waals surface area contributed by atoms with Gasteiger partial charge in [0.15, 0.2) is 0 Å². The molecule has 0 bridgehead atoms. The Morgan fingerprint density at radius 1 is 0.351 bits per heavy atom. The molecule has 77 heavy (non-hydrogen) atoms. The fourth-order valence-corrected chi connectivity index (χ4v) is 11.1. The molecule has 0 aliphatic heterocycles. The van der Waals surface area contributed by atoms with E-state index in [0.29, 0.717) is 19.4 Å². The second kappa shape index (κ2) is 66.8. The summed E-state index contributed by atoms with van der Waals surface area (Å²) in [5.41, 5.74) is 0. The van der Waals surface area contributed by atoms with Crippen LogP contribution < -0.4 is 5.32 Å². The molecule has 6 heteroatoms. The van der Waals surface area contributed by atoms with Crippen molar-refractivity contribution >= 4 is 11.9 Å². The number of esters is 1. The summed E-state index contributed by atoms with van der Waals surface area (Å²) in [7, 11) is 0. The van der Waals surface area contributed by atoms with Gasteiger partial charge in [-0.05, 0) is 57.8 Å². The van der Waals surface area contributed by atoms with Crippen LogP contribution in [0.25, 0.3) is 0 Å². The molecular weight excluding hydrogens is 947 g/mol. The van der Waals surface area contributed by atoms with Gasteiger partial charge in [-0.25, -0.2) is 0 Å². The summed E-state index contributed by atoms with van der Waals surface area (Å²) in [5, 5.41) is 23.1. The van der Waals surface area contributed by atoms with E-state index in [9.17, 15) is 19.8 Å². The third-order valence-corrected chi connectivity index (χ3v) is 16.5. The van der Waals surface area contributed by atoms with Crippen LogP contribution in [0.15, 0.2) is 24.3 Å². The zero-order valence-electron chi connectivity index (χ0n) is 52.2. The van der Waals surface area contributed by atoms with Crippen molar-refractivity contribution in [3.05, 3.63) is 24.3 Å². The topological polar surface area (TPSA) is 95.9 Å². The number of amides is 1. The molecule has 456 valence electrons. The lowest BCUT2D eigenvalue weighted by Crippen LogP contribution is -2.45. The molecule has 0 saturated carbocycles. The third-order valence-electron chi connectivity index (χ3n) is 16.5. The average Bonchev–Trinajstić information content (AvgIpc) is 3.43. The first-order chi connectivity index (χ1) is 38.0. The Balaban J connectivity index is 3.31. The highest BCUT2D eigenvalue weighted by atomic mass is 16.5. The van der Waals surface area contributed by atoms with E-state index in [1.807, 2.05) is 6.08 Å². The summed E-state index contributed by atoms with van der Waals surface area (Å²) < 4.78 is 5.49. The zero-order chi connectivity index (χ0) is 55.7. The van der Waals surface area contributed by atoms with E-state index >= 15 is 0 Å². The molecule has 6 nitrogen and oxygen atoms in total.